The van der Waals surface area contributed by atoms with Crippen LogP contribution in [0.1, 0.15) is 22.5 Å². The quantitative estimate of drug-likeness (QED) is 0.857. The second kappa shape index (κ2) is 7.09. The third kappa shape index (κ3) is 3.41. The Morgan fingerprint density at radius 1 is 1.29 bits per heavy atom. The van der Waals surface area contributed by atoms with Crippen LogP contribution in [-0.4, -0.2) is 54.6 Å². The zero-order valence-corrected chi connectivity index (χ0v) is 14.4. The largest absolute Gasteiger partial charge is 0.468 e. The van der Waals surface area contributed by atoms with Crippen LogP contribution in [0.4, 0.5) is 0 Å². The summed E-state index contributed by atoms with van der Waals surface area (Å²) in [7, 11) is 0. The number of carbonyl (C=O) groups is 1. The first kappa shape index (κ1) is 15.9. The van der Waals surface area contributed by atoms with E-state index in [1.807, 2.05) is 33.9 Å². The van der Waals surface area contributed by atoms with Gasteiger partial charge in [0, 0.05) is 30.9 Å². The number of nitrogens with zero attached hydrogens (tertiary/aromatic N) is 2. The molecule has 2 fully saturated rings. The summed E-state index contributed by atoms with van der Waals surface area (Å²) in [6.45, 7) is 4.86. The Morgan fingerprint density at radius 2 is 2.25 bits per heavy atom. The van der Waals surface area contributed by atoms with Gasteiger partial charge in [0.25, 0.3) is 5.91 Å². The topological polar surface area (TPSA) is 45.9 Å². The van der Waals surface area contributed by atoms with E-state index in [0.29, 0.717) is 19.1 Å². The van der Waals surface area contributed by atoms with Crippen molar-refractivity contribution in [3.8, 4) is 0 Å². The van der Waals surface area contributed by atoms with Crippen LogP contribution < -0.4 is 0 Å². The van der Waals surface area contributed by atoms with Crippen LogP contribution in [0.5, 0.6) is 0 Å². The minimum Gasteiger partial charge on any atom is -0.468 e. The van der Waals surface area contributed by atoms with Crippen molar-refractivity contribution in [2.45, 2.75) is 19.1 Å². The van der Waals surface area contributed by atoms with E-state index < -0.39 is 0 Å². The van der Waals surface area contributed by atoms with E-state index in [4.69, 9.17) is 9.15 Å². The van der Waals surface area contributed by atoms with Gasteiger partial charge in [0.1, 0.15) is 5.76 Å². The SMILES string of the molecule is O=C(c1ccsc1)N1CCO[C@@H]2CN(Cc3ccco3)CC[C@@H]2C1. The Morgan fingerprint density at radius 3 is 3.04 bits per heavy atom. The molecule has 0 unspecified atom stereocenters. The molecule has 2 aliphatic heterocycles. The summed E-state index contributed by atoms with van der Waals surface area (Å²) in [5.74, 6) is 1.55. The number of ether oxygens (including phenoxy) is 1. The average Bonchev–Trinajstić information content (AvgIpc) is 3.25. The van der Waals surface area contributed by atoms with Crippen molar-refractivity contribution in [2.24, 2.45) is 5.92 Å². The molecule has 0 saturated carbocycles. The summed E-state index contributed by atoms with van der Waals surface area (Å²) in [5.41, 5.74) is 0.800. The van der Waals surface area contributed by atoms with Crippen molar-refractivity contribution in [2.75, 3.05) is 32.8 Å². The number of rotatable bonds is 3. The van der Waals surface area contributed by atoms with Gasteiger partial charge in [-0.2, -0.15) is 11.3 Å². The van der Waals surface area contributed by atoms with Crippen LogP contribution in [0.2, 0.25) is 0 Å². The van der Waals surface area contributed by atoms with Crippen LogP contribution in [0.3, 0.4) is 0 Å². The van der Waals surface area contributed by atoms with E-state index in [1.165, 1.54) is 0 Å². The van der Waals surface area contributed by atoms with Crippen LogP contribution in [0, 0.1) is 5.92 Å². The van der Waals surface area contributed by atoms with E-state index in [9.17, 15) is 4.79 Å². The van der Waals surface area contributed by atoms with Crippen LogP contribution in [0.15, 0.2) is 39.6 Å². The second-order valence-electron chi connectivity index (χ2n) is 6.54. The molecule has 5 nitrogen and oxygen atoms in total. The van der Waals surface area contributed by atoms with Crippen molar-refractivity contribution in [1.29, 1.82) is 0 Å². The number of piperidine rings is 1. The maximum absolute atomic E-state index is 12.6. The van der Waals surface area contributed by atoms with Gasteiger partial charge in [0.2, 0.25) is 0 Å². The second-order valence-corrected chi connectivity index (χ2v) is 7.32. The van der Waals surface area contributed by atoms with Gasteiger partial charge in [-0.15, -0.1) is 0 Å². The van der Waals surface area contributed by atoms with Gasteiger partial charge in [-0.05, 0) is 36.5 Å². The molecule has 4 heterocycles. The fourth-order valence-corrected chi connectivity index (χ4v) is 4.26. The average molecular weight is 346 g/mol. The lowest BCUT2D eigenvalue weighted by atomic mass is 9.93. The number of likely N-dealkylation sites (tertiary alicyclic amines) is 1. The Kier molecular flexibility index (Phi) is 4.69. The number of furan rings is 1. The van der Waals surface area contributed by atoms with Gasteiger partial charge >= 0.3 is 0 Å². The number of thiophene rings is 1. The summed E-state index contributed by atoms with van der Waals surface area (Å²) >= 11 is 1.57. The molecule has 2 aromatic heterocycles. The number of hydrogen-bond donors (Lipinski definition) is 0. The zero-order valence-electron chi connectivity index (χ0n) is 13.6. The predicted octanol–water partition coefficient (Wildman–Crippen LogP) is 2.70. The number of fused-ring (bicyclic) bond motifs is 1. The first-order chi connectivity index (χ1) is 11.8. The van der Waals surface area contributed by atoms with Gasteiger partial charge in [-0.3, -0.25) is 9.69 Å². The fourth-order valence-electron chi connectivity index (χ4n) is 3.64. The summed E-state index contributed by atoms with van der Waals surface area (Å²) < 4.78 is 11.5. The number of amides is 1. The molecular formula is C18H22N2O3S. The minimum absolute atomic E-state index is 0.138. The smallest absolute Gasteiger partial charge is 0.254 e. The molecule has 2 saturated heterocycles. The van der Waals surface area contributed by atoms with E-state index in [0.717, 1.165) is 43.9 Å². The lowest BCUT2D eigenvalue weighted by Crippen LogP contribution is -2.47. The molecule has 0 spiro atoms. The molecular weight excluding hydrogens is 324 g/mol. The molecule has 6 heteroatoms. The minimum atomic E-state index is 0.138. The van der Waals surface area contributed by atoms with E-state index >= 15 is 0 Å². The number of hydrogen-bond acceptors (Lipinski definition) is 5. The van der Waals surface area contributed by atoms with Crippen molar-refractivity contribution in [3.63, 3.8) is 0 Å². The van der Waals surface area contributed by atoms with Crippen molar-refractivity contribution in [3.05, 3.63) is 46.5 Å². The standard InChI is InChI=1S/C18H22N2O3S/c21-18(15-4-9-24-13-15)20-6-8-23-17-12-19(5-3-14(17)10-20)11-16-2-1-7-22-16/h1-2,4,7,9,13-14,17H,3,5-6,8,10-12H2/t14-,17-/m1/s1. The van der Waals surface area contributed by atoms with E-state index in [2.05, 4.69) is 4.90 Å². The molecule has 0 aromatic carbocycles. The molecule has 0 N–H and O–H groups in total. The third-order valence-electron chi connectivity index (χ3n) is 4.94. The lowest BCUT2D eigenvalue weighted by Gasteiger charge is -2.37. The van der Waals surface area contributed by atoms with Crippen LogP contribution in [0.25, 0.3) is 0 Å². The Hall–Kier alpha value is -1.63. The van der Waals surface area contributed by atoms with Crippen molar-refractivity contribution < 1.29 is 13.9 Å². The zero-order chi connectivity index (χ0) is 16.4. The fraction of sp³-hybridized carbons (Fsp3) is 0.500. The molecule has 2 aliphatic rings. The molecule has 2 aromatic rings. The molecule has 0 aliphatic carbocycles. The monoisotopic (exact) mass is 346 g/mol. The maximum Gasteiger partial charge on any atom is 0.254 e. The van der Waals surface area contributed by atoms with Crippen molar-refractivity contribution >= 4 is 17.2 Å². The Labute approximate surface area is 145 Å². The maximum atomic E-state index is 12.6. The van der Waals surface area contributed by atoms with Gasteiger partial charge in [0.05, 0.1) is 31.1 Å². The highest BCUT2D eigenvalue weighted by atomic mass is 32.1. The summed E-state index contributed by atoms with van der Waals surface area (Å²) in [6, 6.07) is 5.85. The predicted molar refractivity (Wildman–Crippen MR) is 92.1 cm³/mol. The Bertz CT molecular complexity index is 656. The number of carbonyl (C=O) groups excluding carboxylic acids is 1. The lowest BCUT2D eigenvalue weighted by molar-refractivity contribution is -0.0255. The Balaban J connectivity index is 1.38. The highest BCUT2D eigenvalue weighted by Crippen LogP contribution is 2.26. The molecule has 4 rings (SSSR count). The first-order valence-electron chi connectivity index (χ1n) is 8.47. The van der Waals surface area contributed by atoms with E-state index in [1.54, 1.807) is 17.6 Å². The van der Waals surface area contributed by atoms with Crippen LogP contribution >= 0.6 is 11.3 Å². The van der Waals surface area contributed by atoms with Crippen molar-refractivity contribution in [1.82, 2.24) is 9.80 Å². The highest BCUT2D eigenvalue weighted by molar-refractivity contribution is 7.08. The van der Waals surface area contributed by atoms with Gasteiger partial charge in [0.15, 0.2) is 0 Å². The highest BCUT2D eigenvalue weighted by Gasteiger charge is 2.35. The van der Waals surface area contributed by atoms with E-state index in [-0.39, 0.29) is 12.0 Å². The first-order valence-corrected chi connectivity index (χ1v) is 9.41. The molecule has 24 heavy (non-hydrogen) atoms. The normalized spacial score (nSPS) is 25.2. The van der Waals surface area contributed by atoms with Crippen LogP contribution in [-0.2, 0) is 11.3 Å². The summed E-state index contributed by atoms with van der Waals surface area (Å²) in [6.07, 6.45) is 2.98. The molecule has 0 radical (unpaired) electrons. The van der Waals surface area contributed by atoms with Gasteiger partial charge < -0.3 is 14.1 Å². The molecule has 128 valence electrons. The summed E-state index contributed by atoms with van der Waals surface area (Å²) in [5, 5.41) is 3.88. The third-order valence-corrected chi connectivity index (χ3v) is 5.63. The molecule has 0 bridgehead atoms. The van der Waals surface area contributed by atoms with Gasteiger partial charge in [-0.25, -0.2) is 0 Å². The van der Waals surface area contributed by atoms with Gasteiger partial charge in [-0.1, -0.05) is 0 Å². The molecule has 1 amide bonds. The summed E-state index contributed by atoms with van der Waals surface area (Å²) in [4.78, 5) is 17.0. The molecule has 2 atom stereocenters.